The number of hydrogen-bond acceptors (Lipinski definition) is 2. The summed E-state index contributed by atoms with van der Waals surface area (Å²) in [7, 11) is 0. The van der Waals surface area contributed by atoms with Gasteiger partial charge in [0.1, 0.15) is 11.3 Å². The average molecular weight is 365 g/mol. The van der Waals surface area contributed by atoms with E-state index in [0.717, 1.165) is 32.8 Å². The zero-order valence-electron chi connectivity index (χ0n) is 12.1. The number of aryl methyl sites for hydroxylation is 2. The van der Waals surface area contributed by atoms with E-state index in [1.165, 1.54) is 5.56 Å². The summed E-state index contributed by atoms with van der Waals surface area (Å²) >= 11 is 9.96. The van der Waals surface area contributed by atoms with Gasteiger partial charge in [0, 0.05) is 10.2 Å². The van der Waals surface area contributed by atoms with Crippen molar-refractivity contribution in [3.63, 3.8) is 0 Å². The van der Waals surface area contributed by atoms with Crippen molar-refractivity contribution in [3.05, 3.63) is 51.9 Å². The molecule has 0 aliphatic carbocycles. The molecule has 0 bridgehead atoms. The number of alkyl halides is 1. The molecular formula is C16H15BrClN3. The van der Waals surface area contributed by atoms with Crippen molar-refractivity contribution in [3.8, 4) is 5.69 Å². The number of aromatic nitrogens is 3. The molecule has 1 atom stereocenters. The quantitative estimate of drug-likeness (QED) is 0.592. The van der Waals surface area contributed by atoms with E-state index in [1.807, 2.05) is 36.6 Å². The van der Waals surface area contributed by atoms with Crippen LogP contribution in [-0.4, -0.2) is 14.5 Å². The lowest BCUT2D eigenvalue weighted by atomic mass is 10.2. The number of hydrogen-bond donors (Lipinski definition) is 0. The van der Waals surface area contributed by atoms with E-state index in [-0.39, 0.29) is 5.38 Å². The van der Waals surface area contributed by atoms with Crippen molar-refractivity contribution in [2.24, 2.45) is 0 Å². The third-order valence-electron chi connectivity index (χ3n) is 3.37. The summed E-state index contributed by atoms with van der Waals surface area (Å²) in [4.78, 5) is 9.29. The Kier molecular flexibility index (Phi) is 3.76. The van der Waals surface area contributed by atoms with Gasteiger partial charge >= 0.3 is 0 Å². The summed E-state index contributed by atoms with van der Waals surface area (Å²) in [5.74, 6) is 0.802. The monoisotopic (exact) mass is 363 g/mol. The molecule has 0 saturated carbocycles. The van der Waals surface area contributed by atoms with Crippen LogP contribution in [0.1, 0.15) is 29.4 Å². The van der Waals surface area contributed by atoms with Gasteiger partial charge in [0.05, 0.1) is 11.1 Å². The summed E-state index contributed by atoms with van der Waals surface area (Å²) in [6.07, 6.45) is 0. The number of halogens is 2. The largest absolute Gasteiger partial charge is 0.278 e. The summed E-state index contributed by atoms with van der Waals surface area (Å²) in [5.41, 5.74) is 4.84. The van der Waals surface area contributed by atoms with Crippen molar-refractivity contribution < 1.29 is 0 Å². The summed E-state index contributed by atoms with van der Waals surface area (Å²) in [6.45, 7) is 5.97. The summed E-state index contributed by atoms with van der Waals surface area (Å²) < 4.78 is 3.03. The molecule has 5 heteroatoms. The fourth-order valence-corrected chi connectivity index (χ4v) is 2.94. The van der Waals surface area contributed by atoms with Gasteiger partial charge in [-0.3, -0.25) is 4.57 Å². The fraction of sp³-hybridized carbons (Fsp3) is 0.250. The number of nitrogens with zero attached hydrogens (tertiary/aromatic N) is 3. The predicted molar refractivity (Wildman–Crippen MR) is 90.3 cm³/mol. The predicted octanol–water partition coefficient (Wildman–Crippen LogP) is 5.10. The Balaban J connectivity index is 2.41. The second kappa shape index (κ2) is 5.43. The average Bonchev–Trinajstić information content (AvgIpc) is 2.80. The van der Waals surface area contributed by atoms with E-state index in [4.69, 9.17) is 11.6 Å². The van der Waals surface area contributed by atoms with Gasteiger partial charge in [0.2, 0.25) is 0 Å². The summed E-state index contributed by atoms with van der Waals surface area (Å²) in [5, 5.41) is -0.202. The highest BCUT2D eigenvalue weighted by Gasteiger charge is 2.19. The Hall–Kier alpha value is -1.39. The first-order chi connectivity index (χ1) is 9.97. The molecular weight excluding hydrogens is 350 g/mol. The lowest BCUT2D eigenvalue weighted by Gasteiger charge is -2.12. The minimum Gasteiger partial charge on any atom is -0.278 e. The number of benzene rings is 1. The molecule has 0 radical (unpaired) electrons. The van der Waals surface area contributed by atoms with Gasteiger partial charge in [-0.15, -0.1) is 11.6 Å². The highest BCUT2D eigenvalue weighted by molar-refractivity contribution is 9.10. The maximum absolute atomic E-state index is 6.34. The van der Waals surface area contributed by atoms with Crippen LogP contribution in [0.25, 0.3) is 16.9 Å². The molecule has 3 nitrogen and oxygen atoms in total. The molecule has 3 aromatic rings. The van der Waals surface area contributed by atoms with Gasteiger partial charge in [0.15, 0.2) is 5.65 Å². The molecule has 0 amide bonds. The second-order valence-corrected chi connectivity index (χ2v) is 6.68. The van der Waals surface area contributed by atoms with Crippen molar-refractivity contribution in [1.29, 1.82) is 0 Å². The van der Waals surface area contributed by atoms with Crippen molar-refractivity contribution in [2.45, 2.75) is 26.1 Å². The minimum absolute atomic E-state index is 0.202. The number of rotatable bonds is 2. The third-order valence-corrected chi connectivity index (χ3v) is 4.23. The van der Waals surface area contributed by atoms with E-state index in [0.29, 0.717) is 0 Å². The first-order valence-corrected chi connectivity index (χ1v) is 7.97. The molecule has 3 rings (SSSR count). The van der Waals surface area contributed by atoms with Crippen LogP contribution < -0.4 is 0 Å². The fourth-order valence-electron chi connectivity index (χ4n) is 2.37. The standard InChI is InChI=1S/C16H15BrClN3/c1-9-4-6-12(17)14(8-9)21-15(11(3)18)20-13-7-5-10(2)19-16(13)21/h4-8,11H,1-3H3. The first kappa shape index (κ1) is 14.5. The zero-order chi connectivity index (χ0) is 15.1. The van der Waals surface area contributed by atoms with Crippen LogP contribution in [0.15, 0.2) is 34.8 Å². The topological polar surface area (TPSA) is 30.7 Å². The van der Waals surface area contributed by atoms with Crippen LogP contribution in [0, 0.1) is 13.8 Å². The van der Waals surface area contributed by atoms with Crippen LogP contribution in [0.4, 0.5) is 0 Å². The molecule has 1 aromatic carbocycles. The van der Waals surface area contributed by atoms with Gasteiger partial charge in [-0.2, -0.15) is 0 Å². The molecule has 108 valence electrons. The number of imidazole rings is 1. The van der Waals surface area contributed by atoms with Crippen LogP contribution in [-0.2, 0) is 0 Å². The zero-order valence-corrected chi connectivity index (χ0v) is 14.4. The molecule has 0 fully saturated rings. The normalized spacial score (nSPS) is 12.8. The van der Waals surface area contributed by atoms with E-state index >= 15 is 0 Å². The number of pyridine rings is 1. The van der Waals surface area contributed by atoms with Crippen molar-refractivity contribution in [1.82, 2.24) is 14.5 Å². The number of fused-ring (bicyclic) bond motifs is 1. The summed E-state index contributed by atoms with van der Waals surface area (Å²) in [6, 6.07) is 10.2. The van der Waals surface area contributed by atoms with Crippen LogP contribution in [0.3, 0.4) is 0 Å². The van der Waals surface area contributed by atoms with Crippen LogP contribution >= 0.6 is 27.5 Å². The minimum atomic E-state index is -0.202. The third kappa shape index (κ3) is 2.58. The van der Waals surface area contributed by atoms with Crippen molar-refractivity contribution >= 4 is 38.7 Å². The van der Waals surface area contributed by atoms with Crippen LogP contribution in [0.2, 0.25) is 0 Å². The van der Waals surface area contributed by atoms with Gasteiger partial charge in [0.25, 0.3) is 0 Å². The van der Waals surface area contributed by atoms with E-state index in [9.17, 15) is 0 Å². The molecule has 0 spiro atoms. The van der Waals surface area contributed by atoms with Gasteiger partial charge in [-0.25, -0.2) is 9.97 Å². The molecule has 0 saturated heterocycles. The molecule has 21 heavy (non-hydrogen) atoms. The van der Waals surface area contributed by atoms with Gasteiger partial charge < -0.3 is 0 Å². The van der Waals surface area contributed by atoms with E-state index in [1.54, 1.807) is 0 Å². The Morgan fingerprint density at radius 2 is 1.90 bits per heavy atom. The highest BCUT2D eigenvalue weighted by atomic mass is 79.9. The molecule has 2 aromatic heterocycles. The molecule has 0 aliphatic heterocycles. The van der Waals surface area contributed by atoms with Gasteiger partial charge in [-0.1, -0.05) is 6.07 Å². The van der Waals surface area contributed by atoms with Gasteiger partial charge in [-0.05, 0) is 66.5 Å². The molecule has 2 heterocycles. The Labute approximate surface area is 137 Å². The Morgan fingerprint density at radius 3 is 2.62 bits per heavy atom. The highest BCUT2D eigenvalue weighted by Crippen LogP contribution is 2.31. The molecule has 0 aliphatic rings. The Bertz CT molecular complexity index is 824. The maximum atomic E-state index is 6.34. The van der Waals surface area contributed by atoms with E-state index < -0.39 is 0 Å². The first-order valence-electron chi connectivity index (χ1n) is 6.74. The molecule has 1 unspecified atom stereocenters. The smallest absolute Gasteiger partial charge is 0.165 e. The van der Waals surface area contributed by atoms with E-state index in [2.05, 4.69) is 45.0 Å². The lowest BCUT2D eigenvalue weighted by molar-refractivity contribution is 0.873. The Morgan fingerprint density at radius 1 is 1.14 bits per heavy atom. The SMILES string of the molecule is Cc1ccc(Br)c(-n2c(C(C)Cl)nc3ccc(C)nc32)c1. The van der Waals surface area contributed by atoms with Crippen molar-refractivity contribution in [2.75, 3.05) is 0 Å². The van der Waals surface area contributed by atoms with Crippen LogP contribution in [0.5, 0.6) is 0 Å². The molecule has 0 N–H and O–H groups in total. The lowest BCUT2D eigenvalue weighted by Crippen LogP contribution is -2.04. The second-order valence-electron chi connectivity index (χ2n) is 5.17. The maximum Gasteiger partial charge on any atom is 0.165 e.